The summed E-state index contributed by atoms with van der Waals surface area (Å²) in [6, 6.07) is -5.35. The number of aldehydes is 1. The predicted octanol–water partition coefficient (Wildman–Crippen LogP) is -2.77. The van der Waals surface area contributed by atoms with Crippen molar-refractivity contribution in [3.8, 4) is 0 Å². The summed E-state index contributed by atoms with van der Waals surface area (Å²) in [6.07, 6.45) is 0.710. The number of aliphatic hydroxyl groups is 1. The van der Waals surface area contributed by atoms with Gasteiger partial charge in [-0.15, -0.1) is 0 Å². The minimum absolute atomic E-state index is 0.0939. The van der Waals surface area contributed by atoms with Crippen molar-refractivity contribution in [1.29, 1.82) is 0 Å². The minimum Gasteiger partial charge on any atom is -0.481 e. The molecule has 0 aromatic heterocycles. The van der Waals surface area contributed by atoms with E-state index >= 15 is 0 Å². The zero-order chi connectivity index (χ0) is 26.3. The molecule has 0 radical (unpaired) electrons. The molecule has 15 heteroatoms. The third-order valence-corrected chi connectivity index (χ3v) is 4.93. The van der Waals surface area contributed by atoms with E-state index in [1.165, 1.54) is 11.8 Å². The lowest BCUT2D eigenvalue weighted by Crippen LogP contribution is -2.58. The summed E-state index contributed by atoms with van der Waals surface area (Å²) in [6.45, 7) is 0.235. The second kappa shape index (κ2) is 16.4. The van der Waals surface area contributed by atoms with Crippen molar-refractivity contribution in [1.82, 2.24) is 21.3 Å². The van der Waals surface area contributed by atoms with Gasteiger partial charge in [-0.05, 0) is 24.9 Å². The van der Waals surface area contributed by atoms with Crippen LogP contribution in [0.4, 0.5) is 0 Å². The van der Waals surface area contributed by atoms with E-state index in [2.05, 4.69) is 21.3 Å². The highest BCUT2D eigenvalue weighted by Crippen LogP contribution is 2.04. The van der Waals surface area contributed by atoms with Crippen LogP contribution >= 0.6 is 11.8 Å². The molecule has 0 saturated heterocycles. The van der Waals surface area contributed by atoms with Gasteiger partial charge in [0.05, 0.1) is 19.1 Å². The molecule has 0 saturated carbocycles. The molecule has 0 heterocycles. The van der Waals surface area contributed by atoms with Crippen LogP contribution in [-0.2, 0) is 33.6 Å². The normalized spacial score (nSPS) is 14.0. The number of aliphatic carboxylic acids is 2. The van der Waals surface area contributed by atoms with E-state index in [0.717, 1.165) is 6.92 Å². The van der Waals surface area contributed by atoms with Crippen molar-refractivity contribution >= 4 is 53.6 Å². The van der Waals surface area contributed by atoms with Crippen LogP contribution < -0.4 is 21.3 Å². The largest absolute Gasteiger partial charge is 0.481 e. The van der Waals surface area contributed by atoms with Crippen LogP contribution in [0.5, 0.6) is 0 Å². The maximum Gasteiger partial charge on any atom is 0.305 e. The van der Waals surface area contributed by atoms with E-state index in [4.69, 9.17) is 10.2 Å². The van der Waals surface area contributed by atoms with E-state index in [1.807, 2.05) is 0 Å². The number of carboxylic acids is 2. The van der Waals surface area contributed by atoms with Crippen LogP contribution in [0.1, 0.15) is 32.6 Å². The Morgan fingerprint density at radius 3 is 1.82 bits per heavy atom. The molecule has 0 aliphatic heterocycles. The molecule has 0 aromatic rings. The lowest BCUT2D eigenvalue weighted by Gasteiger charge is -2.24. The fourth-order valence-electron chi connectivity index (χ4n) is 2.63. The monoisotopic (exact) mass is 506 g/mol. The second-order valence-electron chi connectivity index (χ2n) is 7.12. The van der Waals surface area contributed by atoms with Gasteiger partial charge in [0.2, 0.25) is 23.6 Å². The smallest absolute Gasteiger partial charge is 0.305 e. The maximum atomic E-state index is 12.6. The fraction of sp³-hybridized carbons (Fsp3) is 0.632. The molecule has 0 bridgehead atoms. The van der Waals surface area contributed by atoms with E-state index < -0.39 is 79.2 Å². The van der Waals surface area contributed by atoms with E-state index in [0.29, 0.717) is 5.75 Å². The summed E-state index contributed by atoms with van der Waals surface area (Å²) >= 11 is 1.35. The Morgan fingerprint density at radius 2 is 1.35 bits per heavy atom. The van der Waals surface area contributed by atoms with Crippen molar-refractivity contribution in [3.05, 3.63) is 0 Å². The molecule has 14 nitrogen and oxygen atoms in total. The van der Waals surface area contributed by atoms with Crippen molar-refractivity contribution in [3.63, 3.8) is 0 Å². The minimum atomic E-state index is -1.54. The van der Waals surface area contributed by atoms with Gasteiger partial charge in [-0.3, -0.25) is 28.8 Å². The molecule has 0 aliphatic rings. The van der Waals surface area contributed by atoms with Crippen LogP contribution in [0.15, 0.2) is 0 Å². The first-order chi connectivity index (χ1) is 15.9. The molecule has 0 unspecified atom stereocenters. The SMILES string of the molecule is CSCC[C@H](NC(=O)[C@H](CO)NC(=O)[C@H](CCC(=O)O)NC(C)=O)C(=O)N[C@@H](C=O)CC(=O)O. The molecule has 4 atom stereocenters. The number of carboxylic acid groups (broad SMARTS) is 2. The highest BCUT2D eigenvalue weighted by Gasteiger charge is 2.30. The van der Waals surface area contributed by atoms with Crippen molar-refractivity contribution in [2.45, 2.75) is 56.8 Å². The number of carbonyl (C=O) groups is 7. The summed E-state index contributed by atoms with van der Waals surface area (Å²) in [5, 5.41) is 36.2. The molecule has 0 aromatic carbocycles. The Morgan fingerprint density at radius 1 is 0.824 bits per heavy atom. The lowest BCUT2D eigenvalue weighted by molar-refractivity contribution is -0.139. The first kappa shape index (κ1) is 30.8. The summed E-state index contributed by atoms with van der Waals surface area (Å²) in [4.78, 5) is 81.5. The summed E-state index contributed by atoms with van der Waals surface area (Å²) in [5.74, 6) is -5.45. The van der Waals surface area contributed by atoms with Crippen LogP contribution in [0, 0.1) is 0 Å². The zero-order valence-corrected chi connectivity index (χ0v) is 19.6. The molecule has 0 rings (SSSR count). The molecule has 34 heavy (non-hydrogen) atoms. The zero-order valence-electron chi connectivity index (χ0n) is 18.7. The Bertz CT molecular complexity index is 763. The number of carbonyl (C=O) groups excluding carboxylic acids is 5. The summed E-state index contributed by atoms with van der Waals surface area (Å²) in [7, 11) is 0. The molecule has 0 spiro atoms. The first-order valence-electron chi connectivity index (χ1n) is 10.1. The van der Waals surface area contributed by atoms with E-state index in [1.54, 1.807) is 6.26 Å². The molecule has 7 N–H and O–H groups in total. The Labute approximate surface area is 199 Å². The highest BCUT2D eigenvalue weighted by molar-refractivity contribution is 7.98. The van der Waals surface area contributed by atoms with E-state index in [-0.39, 0.29) is 19.1 Å². The van der Waals surface area contributed by atoms with Gasteiger partial charge in [-0.25, -0.2) is 0 Å². The first-order valence-corrected chi connectivity index (χ1v) is 11.5. The Kier molecular flexibility index (Phi) is 14.9. The number of thioether (sulfide) groups is 1. The molecular formula is C19H30N4O10S. The average molecular weight is 507 g/mol. The standard InChI is InChI=1S/C19H30N4O10S/c1-10(26)20-12(3-4-15(27)28)18(32)23-14(9-25)19(33)22-13(5-6-34-2)17(31)21-11(8-24)7-16(29)30/h8,11-14,25H,3-7,9H2,1-2H3,(H,20,26)(H,21,31)(H,22,33)(H,23,32)(H,27,28)(H,29,30)/t11-,12+,13+,14+/m1/s1. The number of nitrogens with one attached hydrogen (secondary N) is 4. The number of hydrogen-bond acceptors (Lipinski definition) is 9. The van der Waals surface area contributed by atoms with Crippen LogP contribution in [0.3, 0.4) is 0 Å². The molecule has 192 valence electrons. The van der Waals surface area contributed by atoms with Gasteiger partial charge >= 0.3 is 11.9 Å². The average Bonchev–Trinajstić information content (AvgIpc) is 2.75. The summed E-state index contributed by atoms with van der Waals surface area (Å²) < 4.78 is 0. The van der Waals surface area contributed by atoms with Crippen molar-refractivity contribution < 1.29 is 48.9 Å². The lowest BCUT2D eigenvalue weighted by atomic mass is 10.1. The predicted molar refractivity (Wildman–Crippen MR) is 119 cm³/mol. The van der Waals surface area contributed by atoms with Crippen LogP contribution in [0.25, 0.3) is 0 Å². The van der Waals surface area contributed by atoms with Crippen LogP contribution in [-0.4, -0.2) is 100.0 Å². The van der Waals surface area contributed by atoms with Gasteiger partial charge in [-0.2, -0.15) is 11.8 Å². The van der Waals surface area contributed by atoms with Gasteiger partial charge in [0.25, 0.3) is 0 Å². The number of rotatable bonds is 17. The van der Waals surface area contributed by atoms with E-state index in [9.17, 15) is 38.7 Å². The molecule has 0 fully saturated rings. The van der Waals surface area contributed by atoms with Gasteiger partial charge in [0.15, 0.2) is 0 Å². The number of amides is 4. The third-order valence-electron chi connectivity index (χ3n) is 4.29. The topological polar surface area (TPSA) is 228 Å². The quantitative estimate of drug-likeness (QED) is 0.0998. The van der Waals surface area contributed by atoms with Gasteiger partial charge < -0.3 is 41.4 Å². The number of hydrogen-bond donors (Lipinski definition) is 7. The Hall–Kier alpha value is -3.20. The second-order valence-corrected chi connectivity index (χ2v) is 8.11. The summed E-state index contributed by atoms with van der Waals surface area (Å²) in [5.41, 5.74) is 0. The van der Waals surface area contributed by atoms with Gasteiger partial charge in [0.1, 0.15) is 24.4 Å². The van der Waals surface area contributed by atoms with Crippen LogP contribution in [0.2, 0.25) is 0 Å². The maximum absolute atomic E-state index is 12.6. The van der Waals surface area contributed by atoms with Gasteiger partial charge in [-0.1, -0.05) is 0 Å². The number of aliphatic hydroxyl groups excluding tert-OH is 1. The van der Waals surface area contributed by atoms with Crippen molar-refractivity contribution in [2.75, 3.05) is 18.6 Å². The Balaban J connectivity index is 5.34. The third kappa shape index (κ3) is 12.7. The van der Waals surface area contributed by atoms with Gasteiger partial charge in [0, 0.05) is 13.3 Å². The molecular weight excluding hydrogens is 476 g/mol. The highest BCUT2D eigenvalue weighted by atomic mass is 32.2. The molecule has 4 amide bonds. The molecule has 0 aliphatic carbocycles. The van der Waals surface area contributed by atoms with Crippen molar-refractivity contribution in [2.24, 2.45) is 0 Å². The fourth-order valence-corrected chi connectivity index (χ4v) is 3.10.